The zero-order valence-corrected chi connectivity index (χ0v) is 15.7. The molecular formula is C20H33FN2. The Morgan fingerprint density at radius 2 is 2.04 bits per heavy atom. The third kappa shape index (κ3) is 4.06. The molecule has 0 radical (unpaired) electrons. The molecule has 0 amide bonds. The lowest BCUT2D eigenvalue weighted by molar-refractivity contribution is 0.372. The van der Waals surface area contributed by atoms with Crippen LogP contribution in [0.25, 0.3) is 0 Å². The van der Waals surface area contributed by atoms with Crippen LogP contribution in [0.15, 0.2) is 12.1 Å². The largest absolute Gasteiger partial charge is 0.366 e. The van der Waals surface area contributed by atoms with Gasteiger partial charge in [0.25, 0.3) is 0 Å². The van der Waals surface area contributed by atoms with Gasteiger partial charge in [-0.1, -0.05) is 34.1 Å². The van der Waals surface area contributed by atoms with Crippen molar-refractivity contribution in [2.75, 3.05) is 11.4 Å². The van der Waals surface area contributed by atoms with E-state index in [4.69, 9.17) is 0 Å². The summed E-state index contributed by atoms with van der Waals surface area (Å²) in [7, 11) is 0. The van der Waals surface area contributed by atoms with Gasteiger partial charge < -0.3 is 10.2 Å². The van der Waals surface area contributed by atoms with Crippen molar-refractivity contribution in [3.8, 4) is 0 Å². The van der Waals surface area contributed by atoms with E-state index in [2.05, 4.69) is 57.8 Å². The fraction of sp³-hybridized carbons (Fsp3) is 0.700. The molecule has 1 heterocycles. The number of benzene rings is 1. The molecule has 1 aliphatic heterocycles. The Balaban J connectivity index is 2.38. The Labute approximate surface area is 141 Å². The van der Waals surface area contributed by atoms with E-state index >= 15 is 0 Å². The second kappa shape index (κ2) is 7.21. The molecule has 130 valence electrons. The predicted octanol–water partition coefficient (Wildman–Crippen LogP) is 5.22. The van der Waals surface area contributed by atoms with Crippen LogP contribution in [0.1, 0.15) is 77.8 Å². The maximum Gasteiger partial charge on any atom is 0.129 e. The molecule has 0 saturated heterocycles. The summed E-state index contributed by atoms with van der Waals surface area (Å²) in [6.07, 6.45) is 3.43. The first-order valence-corrected chi connectivity index (χ1v) is 9.09. The number of nitrogens with one attached hydrogen (secondary N) is 1. The summed E-state index contributed by atoms with van der Waals surface area (Å²) < 4.78 is 14.6. The quantitative estimate of drug-likeness (QED) is 0.773. The van der Waals surface area contributed by atoms with Crippen LogP contribution in [-0.2, 0) is 6.54 Å². The van der Waals surface area contributed by atoms with Gasteiger partial charge in [-0.15, -0.1) is 0 Å². The van der Waals surface area contributed by atoms with E-state index in [0.29, 0.717) is 18.5 Å². The van der Waals surface area contributed by atoms with Crippen molar-refractivity contribution in [2.45, 2.75) is 84.8 Å². The Morgan fingerprint density at radius 1 is 1.35 bits per heavy atom. The van der Waals surface area contributed by atoms with Crippen molar-refractivity contribution >= 4 is 5.69 Å². The number of anilines is 1. The average Bonchev–Trinajstić information content (AvgIpc) is 2.44. The van der Waals surface area contributed by atoms with E-state index in [-0.39, 0.29) is 11.4 Å². The van der Waals surface area contributed by atoms with Gasteiger partial charge in [0, 0.05) is 35.9 Å². The first-order valence-electron chi connectivity index (χ1n) is 9.09. The van der Waals surface area contributed by atoms with Crippen LogP contribution in [0.3, 0.4) is 0 Å². The normalized spacial score (nSPS) is 20.0. The van der Waals surface area contributed by atoms with E-state index in [9.17, 15) is 4.39 Å². The van der Waals surface area contributed by atoms with Crippen LogP contribution < -0.4 is 10.2 Å². The summed E-state index contributed by atoms with van der Waals surface area (Å²) in [4.78, 5) is 2.43. The summed E-state index contributed by atoms with van der Waals surface area (Å²) in [6, 6.07) is 4.24. The Hall–Kier alpha value is -1.09. The molecule has 0 aliphatic carbocycles. The van der Waals surface area contributed by atoms with Crippen molar-refractivity contribution in [1.29, 1.82) is 0 Å². The molecule has 3 heteroatoms. The van der Waals surface area contributed by atoms with Gasteiger partial charge in [0.2, 0.25) is 0 Å². The zero-order valence-electron chi connectivity index (χ0n) is 15.7. The second-order valence-electron chi connectivity index (χ2n) is 7.96. The van der Waals surface area contributed by atoms with Gasteiger partial charge in [-0.2, -0.15) is 0 Å². The number of hydrogen-bond acceptors (Lipinski definition) is 2. The summed E-state index contributed by atoms with van der Waals surface area (Å²) >= 11 is 0. The maximum atomic E-state index is 14.6. The highest BCUT2D eigenvalue weighted by Gasteiger charge is 2.36. The van der Waals surface area contributed by atoms with Crippen molar-refractivity contribution < 1.29 is 4.39 Å². The van der Waals surface area contributed by atoms with Crippen molar-refractivity contribution in [1.82, 2.24) is 5.32 Å². The Bertz CT molecular complexity index is 537. The second-order valence-corrected chi connectivity index (χ2v) is 7.96. The van der Waals surface area contributed by atoms with E-state index in [0.717, 1.165) is 37.1 Å². The van der Waals surface area contributed by atoms with Crippen LogP contribution in [0, 0.1) is 5.82 Å². The lowest BCUT2D eigenvalue weighted by Gasteiger charge is -2.48. The number of halogens is 1. The summed E-state index contributed by atoms with van der Waals surface area (Å²) in [6.45, 7) is 14.8. The summed E-state index contributed by atoms with van der Waals surface area (Å²) in [5.74, 6) is 0.388. The first-order chi connectivity index (χ1) is 10.8. The van der Waals surface area contributed by atoms with Crippen molar-refractivity contribution in [3.63, 3.8) is 0 Å². The molecule has 0 bridgehead atoms. The smallest absolute Gasteiger partial charge is 0.129 e. The molecule has 1 aromatic carbocycles. The number of nitrogens with zero attached hydrogens (tertiary/aromatic N) is 1. The van der Waals surface area contributed by atoms with Gasteiger partial charge in [0.15, 0.2) is 0 Å². The SMILES string of the molecule is CCCCN1c2cc(F)c(CNC(C)C)cc2[C@@H](C)CC1(C)C. The van der Waals surface area contributed by atoms with Crippen LogP contribution in [0.2, 0.25) is 0 Å². The molecule has 0 spiro atoms. The van der Waals surface area contributed by atoms with Gasteiger partial charge in [0.1, 0.15) is 5.82 Å². The summed E-state index contributed by atoms with van der Waals surface area (Å²) in [5, 5.41) is 3.33. The fourth-order valence-electron chi connectivity index (χ4n) is 3.74. The fourth-order valence-corrected chi connectivity index (χ4v) is 3.74. The van der Waals surface area contributed by atoms with Crippen LogP contribution in [-0.4, -0.2) is 18.1 Å². The Morgan fingerprint density at radius 3 is 2.65 bits per heavy atom. The minimum atomic E-state index is -0.0803. The highest BCUT2D eigenvalue weighted by Crippen LogP contribution is 2.44. The number of rotatable bonds is 6. The minimum absolute atomic E-state index is 0.0803. The number of unbranched alkanes of at least 4 members (excludes halogenated alkanes) is 1. The topological polar surface area (TPSA) is 15.3 Å². The number of fused-ring (bicyclic) bond motifs is 1. The summed E-state index contributed by atoms with van der Waals surface area (Å²) in [5.41, 5.74) is 3.29. The van der Waals surface area contributed by atoms with E-state index < -0.39 is 0 Å². The van der Waals surface area contributed by atoms with Gasteiger partial charge in [-0.25, -0.2) is 4.39 Å². The third-order valence-corrected chi connectivity index (χ3v) is 4.99. The monoisotopic (exact) mass is 320 g/mol. The van der Waals surface area contributed by atoms with E-state index in [1.165, 1.54) is 5.56 Å². The molecule has 2 nitrogen and oxygen atoms in total. The number of hydrogen-bond donors (Lipinski definition) is 1. The standard InChI is InChI=1S/C20H33FN2/c1-7-8-9-23-19-11-18(21)16(13-22-14(2)3)10-17(19)15(4)12-20(23,5)6/h10-11,14-15,22H,7-9,12-13H2,1-6H3/t15-/m0/s1. The molecule has 0 aromatic heterocycles. The molecule has 23 heavy (non-hydrogen) atoms. The van der Waals surface area contributed by atoms with E-state index in [1.807, 2.05) is 0 Å². The third-order valence-electron chi connectivity index (χ3n) is 4.99. The van der Waals surface area contributed by atoms with Gasteiger partial charge >= 0.3 is 0 Å². The van der Waals surface area contributed by atoms with Gasteiger partial charge in [-0.05, 0) is 50.3 Å². The van der Waals surface area contributed by atoms with Gasteiger partial charge in [0.05, 0.1) is 0 Å². The molecule has 0 fully saturated rings. The average molecular weight is 320 g/mol. The molecular weight excluding hydrogens is 287 g/mol. The molecule has 1 aliphatic rings. The molecule has 1 N–H and O–H groups in total. The van der Waals surface area contributed by atoms with E-state index in [1.54, 1.807) is 6.07 Å². The Kier molecular flexibility index (Phi) is 5.72. The zero-order chi connectivity index (χ0) is 17.2. The highest BCUT2D eigenvalue weighted by molar-refractivity contribution is 5.61. The molecule has 0 saturated carbocycles. The molecule has 1 atom stereocenters. The predicted molar refractivity (Wildman–Crippen MR) is 97.7 cm³/mol. The first kappa shape index (κ1) is 18.3. The van der Waals surface area contributed by atoms with Crippen molar-refractivity contribution in [2.24, 2.45) is 0 Å². The molecule has 1 aromatic rings. The molecule has 0 unspecified atom stereocenters. The maximum absolute atomic E-state index is 14.6. The highest BCUT2D eigenvalue weighted by atomic mass is 19.1. The lowest BCUT2D eigenvalue weighted by atomic mass is 9.79. The lowest BCUT2D eigenvalue weighted by Crippen LogP contribution is -2.49. The minimum Gasteiger partial charge on any atom is -0.366 e. The van der Waals surface area contributed by atoms with Crippen LogP contribution >= 0.6 is 0 Å². The van der Waals surface area contributed by atoms with Crippen LogP contribution in [0.4, 0.5) is 10.1 Å². The van der Waals surface area contributed by atoms with Gasteiger partial charge in [-0.3, -0.25) is 0 Å². The van der Waals surface area contributed by atoms with Crippen molar-refractivity contribution in [3.05, 3.63) is 29.1 Å². The molecule has 2 rings (SSSR count). The van der Waals surface area contributed by atoms with Crippen LogP contribution in [0.5, 0.6) is 0 Å².